The smallest absolute Gasteiger partial charge is 0.348 e. The van der Waals surface area contributed by atoms with Gasteiger partial charge in [-0.15, -0.1) is 0 Å². The second-order valence-electron chi connectivity index (χ2n) is 4.28. The van der Waals surface area contributed by atoms with Crippen molar-refractivity contribution in [3.63, 3.8) is 0 Å². The summed E-state index contributed by atoms with van der Waals surface area (Å²) in [5.41, 5.74) is -1.78. The molecular formula is C13H20O6. The zero-order chi connectivity index (χ0) is 14.9. The summed E-state index contributed by atoms with van der Waals surface area (Å²) >= 11 is 0. The highest BCUT2D eigenvalue weighted by Gasteiger charge is 2.41. The first-order valence-corrected chi connectivity index (χ1v) is 6.18. The summed E-state index contributed by atoms with van der Waals surface area (Å²) in [6.07, 6.45) is 2.57. The highest BCUT2D eigenvalue weighted by atomic mass is 16.6. The Hall–Kier alpha value is -1.85. The van der Waals surface area contributed by atoms with Crippen LogP contribution in [0.3, 0.4) is 0 Å². The Kier molecular flexibility index (Phi) is 7.48. The molecule has 0 aromatic heterocycles. The lowest BCUT2D eigenvalue weighted by molar-refractivity contribution is -0.178. The van der Waals surface area contributed by atoms with E-state index in [0.717, 1.165) is 18.9 Å². The fourth-order valence-corrected chi connectivity index (χ4v) is 1.69. The van der Waals surface area contributed by atoms with Crippen LogP contribution in [0.15, 0.2) is 12.7 Å². The number of carboxylic acid groups (broad SMARTS) is 2. The molecule has 6 heteroatoms. The Bertz CT molecular complexity index is 349. The Morgan fingerprint density at radius 1 is 1.21 bits per heavy atom. The predicted molar refractivity (Wildman–Crippen MR) is 67.7 cm³/mol. The second kappa shape index (κ2) is 8.29. The van der Waals surface area contributed by atoms with Gasteiger partial charge in [-0.05, 0) is 12.8 Å². The van der Waals surface area contributed by atoms with Gasteiger partial charge in [0.15, 0.2) is 0 Å². The third kappa shape index (κ3) is 6.03. The Morgan fingerprint density at radius 2 is 1.84 bits per heavy atom. The quantitative estimate of drug-likeness (QED) is 0.358. The molecule has 0 amide bonds. The van der Waals surface area contributed by atoms with Crippen LogP contribution in [0.1, 0.15) is 45.4 Å². The first-order valence-electron chi connectivity index (χ1n) is 6.18. The molecule has 0 bridgehead atoms. The van der Waals surface area contributed by atoms with E-state index in [-0.39, 0.29) is 19.3 Å². The van der Waals surface area contributed by atoms with Crippen LogP contribution in [0.25, 0.3) is 0 Å². The zero-order valence-electron chi connectivity index (χ0n) is 11.1. The average molecular weight is 272 g/mol. The zero-order valence-corrected chi connectivity index (χ0v) is 11.1. The van der Waals surface area contributed by atoms with Gasteiger partial charge < -0.3 is 14.9 Å². The number of carboxylic acids is 2. The highest BCUT2D eigenvalue weighted by molar-refractivity contribution is 5.87. The maximum atomic E-state index is 11.4. The van der Waals surface area contributed by atoms with Gasteiger partial charge in [0.2, 0.25) is 5.60 Å². The number of carbonyl (C=O) groups is 3. The second-order valence-corrected chi connectivity index (χ2v) is 4.28. The average Bonchev–Trinajstić information content (AvgIpc) is 2.35. The van der Waals surface area contributed by atoms with Crippen molar-refractivity contribution in [3.8, 4) is 0 Å². The summed E-state index contributed by atoms with van der Waals surface area (Å²) in [6.45, 7) is 5.17. The van der Waals surface area contributed by atoms with Crippen molar-refractivity contribution in [1.82, 2.24) is 0 Å². The third-order valence-corrected chi connectivity index (χ3v) is 2.78. The van der Waals surface area contributed by atoms with Gasteiger partial charge in [0.05, 0.1) is 0 Å². The molecule has 0 aliphatic heterocycles. The van der Waals surface area contributed by atoms with E-state index < -0.39 is 23.5 Å². The van der Waals surface area contributed by atoms with Crippen LogP contribution in [-0.2, 0) is 19.1 Å². The van der Waals surface area contributed by atoms with Gasteiger partial charge in [-0.2, -0.15) is 0 Å². The Morgan fingerprint density at radius 3 is 2.26 bits per heavy atom. The standard InChI is InChI=1S/C13H20O6/c1-3-5-6-8-13(12(17)18,9-7-10(14)15)19-11(16)4-2/h4H,2-3,5-9H2,1H3,(H,14,15)(H,17,18). The van der Waals surface area contributed by atoms with Crippen molar-refractivity contribution >= 4 is 17.9 Å². The van der Waals surface area contributed by atoms with Crippen LogP contribution >= 0.6 is 0 Å². The molecule has 0 heterocycles. The van der Waals surface area contributed by atoms with Gasteiger partial charge >= 0.3 is 17.9 Å². The van der Waals surface area contributed by atoms with Crippen molar-refractivity contribution < 1.29 is 29.3 Å². The van der Waals surface area contributed by atoms with Crippen molar-refractivity contribution in [2.75, 3.05) is 0 Å². The molecule has 19 heavy (non-hydrogen) atoms. The molecule has 0 aliphatic carbocycles. The van der Waals surface area contributed by atoms with E-state index in [9.17, 15) is 19.5 Å². The van der Waals surface area contributed by atoms with E-state index in [1.54, 1.807) is 0 Å². The fraction of sp³-hybridized carbons (Fsp3) is 0.615. The SMILES string of the molecule is C=CC(=O)OC(CCCCC)(CCC(=O)O)C(=O)O. The largest absolute Gasteiger partial charge is 0.481 e. The monoisotopic (exact) mass is 272 g/mol. The first kappa shape index (κ1) is 17.2. The fourth-order valence-electron chi connectivity index (χ4n) is 1.69. The lowest BCUT2D eigenvalue weighted by atomic mass is 9.90. The van der Waals surface area contributed by atoms with Crippen molar-refractivity contribution in [1.29, 1.82) is 0 Å². The van der Waals surface area contributed by atoms with E-state index in [4.69, 9.17) is 9.84 Å². The van der Waals surface area contributed by atoms with Gasteiger partial charge in [-0.25, -0.2) is 9.59 Å². The molecule has 0 saturated carbocycles. The Balaban J connectivity index is 4.97. The number of carbonyl (C=O) groups excluding carboxylic acids is 1. The molecule has 0 aliphatic rings. The van der Waals surface area contributed by atoms with E-state index in [2.05, 4.69) is 6.58 Å². The minimum atomic E-state index is -1.78. The molecule has 2 N–H and O–H groups in total. The van der Waals surface area contributed by atoms with Crippen LogP contribution < -0.4 is 0 Å². The summed E-state index contributed by atoms with van der Waals surface area (Å²) in [7, 11) is 0. The molecule has 6 nitrogen and oxygen atoms in total. The number of esters is 1. The van der Waals surface area contributed by atoms with E-state index in [1.165, 1.54) is 0 Å². The number of unbranched alkanes of at least 4 members (excludes halogenated alkanes) is 2. The lowest BCUT2D eigenvalue weighted by Crippen LogP contribution is -2.43. The highest BCUT2D eigenvalue weighted by Crippen LogP contribution is 2.26. The molecule has 1 unspecified atom stereocenters. The number of ether oxygens (including phenoxy) is 1. The minimum Gasteiger partial charge on any atom is -0.481 e. The van der Waals surface area contributed by atoms with Crippen LogP contribution in [0.4, 0.5) is 0 Å². The number of aliphatic carboxylic acids is 2. The lowest BCUT2D eigenvalue weighted by Gasteiger charge is -2.28. The number of hydrogen-bond acceptors (Lipinski definition) is 4. The van der Waals surface area contributed by atoms with E-state index >= 15 is 0 Å². The molecule has 0 rings (SSSR count). The first-order chi connectivity index (χ1) is 8.88. The number of hydrogen-bond donors (Lipinski definition) is 2. The summed E-state index contributed by atoms with van der Waals surface area (Å²) in [5, 5.41) is 17.9. The normalized spacial score (nSPS) is 13.3. The maximum Gasteiger partial charge on any atom is 0.348 e. The molecule has 108 valence electrons. The predicted octanol–water partition coefficient (Wildman–Crippen LogP) is 1.98. The molecule has 0 spiro atoms. The van der Waals surface area contributed by atoms with Gasteiger partial charge in [-0.3, -0.25) is 4.79 Å². The van der Waals surface area contributed by atoms with Gasteiger partial charge in [0.25, 0.3) is 0 Å². The topological polar surface area (TPSA) is 101 Å². The molecule has 0 fully saturated rings. The van der Waals surface area contributed by atoms with Gasteiger partial charge in [0, 0.05) is 18.9 Å². The molecular weight excluding hydrogens is 252 g/mol. The van der Waals surface area contributed by atoms with Gasteiger partial charge in [0.1, 0.15) is 0 Å². The van der Waals surface area contributed by atoms with Crippen molar-refractivity contribution in [2.24, 2.45) is 0 Å². The minimum absolute atomic E-state index is 0.100. The number of rotatable bonds is 10. The van der Waals surface area contributed by atoms with E-state index in [0.29, 0.717) is 6.42 Å². The summed E-state index contributed by atoms with van der Waals surface area (Å²) in [5.74, 6) is -3.31. The summed E-state index contributed by atoms with van der Waals surface area (Å²) < 4.78 is 4.93. The summed E-state index contributed by atoms with van der Waals surface area (Å²) in [4.78, 5) is 33.2. The van der Waals surface area contributed by atoms with Crippen LogP contribution in [0.5, 0.6) is 0 Å². The van der Waals surface area contributed by atoms with Crippen molar-refractivity contribution in [3.05, 3.63) is 12.7 Å². The molecule has 1 atom stereocenters. The molecule has 0 radical (unpaired) electrons. The van der Waals surface area contributed by atoms with Crippen LogP contribution in [0.2, 0.25) is 0 Å². The van der Waals surface area contributed by atoms with Crippen LogP contribution in [-0.4, -0.2) is 33.7 Å². The molecule has 0 aromatic carbocycles. The van der Waals surface area contributed by atoms with Crippen molar-refractivity contribution in [2.45, 2.75) is 51.0 Å². The van der Waals surface area contributed by atoms with E-state index in [1.807, 2.05) is 6.92 Å². The molecule has 0 saturated heterocycles. The van der Waals surface area contributed by atoms with Crippen LogP contribution in [0, 0.1) is 0 Å². The maximum absolute atomic E-state index is 11.4. The third-order valence-electron chi connectivity index (χ3n) is 2.78. The Labute approximate surface area is 112 Å². The summed E-state index contributed by atoms with van der Waals surface area (Å²) in [6, 6.07) is 0. The van der Waals surface area contributed by atoms with Gasteiger partial charge in [-0.1, -0.05) is 26.3 Å². The molecule has 0 aromatic rings.